The van der Waals surface area contributed by atoms with E-state index in [0.29, 0.717) is 0 Å². The van der Waals surface area contributed by atoms with Gasteiger partial charge in [0.2, 0.25) is 10.0 Å². The summed E-state index contributed by atoms with van der Waals surface area (Å²) in [5.41, 5.74) is 1.83. The first-order valence-electron chi connectivity index (χ1n) is 7.19. The predicted molar refractivity (Wildman–Crippen MR) is 84.6 cm³/mol. The second-order valence-corrected chi connectivity index (χ2v) is 8.16. The van der Waals surface area contributed by atoms with Crippen LogP contribution in [-0.2, 0) is 29.4 Å². The van der Waals surface area contributed by atoms with Gasteiger partial charge in [-0.05, 0) is 42.7 Å². The molecular weight excluding hydrogens is 322 g/mol. The number of aryl methyl sites for hydroxylation is 2. The Morgan fingerprint density at radius 1 is 1.32 bits per heavy atom. The Kier molecular flexibility index (Phi) is 4.42. The number of hydrogen-bond donors (Lipinski definition) is 1. The third-order valence-corrected chi connectivity index (χ3v) is 6.51. The Bertz CT molecular complexity index is 810. The summed E-state index contributed by atoms with van der Waals surface area (Å²) in [6.45, 7) is 0.378. The van der Waals surface area contributed by atoms with Gasteiger partial charge in [0.1, 0.15) is 4.21 Å². The van der Waals surface area contributed by atoms with E-state index in [1.165, 1.54) is 4.68 Å². The van der Waals surface area contributed by atoms with E-state index in [2.05, 4.69) is 9.82 Å². The normalized spacial score (nSPS) is 14.7. The standard InChI is InChI=1S/C14H17N3O3S2/c18-13-10-11-4-1-2-5-12(11)16-17(13)8-7-15-22(19,20)14-6-3-9-21-14/h3,6,9-10,15H,1-2,4-5,7-8H2. The van der Waals surface area contributed by atoms with Crippen LogP contribution >= 0.6 is 11.3 Å². The maximum atomic E-state index is 12.0. The van der Waals surface area contributed by atoms with Gasteiger partial charge in [-0.3, -0.25) is 4.79 Å². The minimum atomic E-state index is -3.49. The quantitative estimate of drug-likeness (QED) is 0.886. The van der Waals surface area contributed by atoms with Crippen LogP contribution in [0.15, 0.2) is 32.6 Å². The molecule has 6 nitrogen and oxygen atoms in total. The minimum Gasteiger partial charge on any atom is -0.268 e. The summed E-state index contributed by atoms with van der Waals surface area (Å²) in [4.78, 5) is 12.0. The highest BCUT2D eigenvalue weighted by atomic mass is 32.2. The summed E-state index contributed by atoms with van der Waals surface area (Å²) in [6, 6.07) is 4.88. The summed E-state index contributed by atoms with van der Waals surface area (Å²) < 4.78 is 28.1. The summed E-state index contributed by atoms with van der Waals surface area (Å²) in [5, 5.41) is 6.08. The molecule has 0 aromatic carbocycles. The lowest BCUT2D eigenvalue weighted by Gasteiger charge is -2.15. The van der Waals surface area contributed by atoms with Crippen LogP contribution < -0.4 is 10.3 Å². The van der Waals surface area contributed by atoms with Gasteiger partial charge in [-0.25, -0.2) is 17.8 Å². The average Bonchev–Trinajstić information content (AvgIpc) is 3.03. The molecule has 0 saturated heterocycles. The third-order valence-electron chi connectivity index (χ3n) is 3.65. The molecule has 22 heavy (non-hydrogen) atoms. The molecule has 2 aromatic heterocycles. The fourth-order valence-electron chi connectivity index (χ4n) is 2.53. The van der Waals surface area contributed by atoms with Crippen molar-refractivity contribution in [2.75, 3.05) is 6.54 Å². The largest absolute Gasteiger partial charge is 0.268 e. The van der Waals surface area contributed by atoms with E-state index < -0.39 is 10.0 Å². The van der Waals surface area contributed by atoms with Crippen LogP contribution in [0.3, 0.4) is 0 Å². The highest BCUT2D eigenvalue weighted by molar-refractivity contribution is 7.91. The first kappa shape index (κ1) is 15.4. The molecule has 0 fully saturated rings. The molecule has 118 valence electrons. The average molecular weight is 339 g/mol. The van der Waals surface area contributed by atoms with Crippen molar-refractivity contribution in [3.8, 4) is 0 Å². The van der Waals surface area contributed by atoms with Crippen molar-refractivity contribution in [2.24, 2.45) is 0 Å². The van der Waals surface area contributed by atoms with Crippen molar-refractivity contribution in [3.05, 3.63) is 45.2 Å². The number of hydrogen-bond acceptors (Lipinski definition) is 5. The third kappa shape index (κ3) is 3.29. The van der Waals surface area contributed by atoms with Gasteiger partial charge in [-0.2, -0.15) is 5.10 Å². The van der Waals surface area contributed by atoms with Crippen molar-refractivity contribution < 1.29 is 8.42 Å². The zero-order valence-corrected chi connectivity index (χ0v) is 13.6. The van der Waals surface area contributed by atoms with Crippen molar-refractivity contribution in [2.45, 2.75) is 36.4 Å². The summed E-state index contributed by atoms with van der Waals surface area (Å²) in [7, 11) is -3.49. The summed E-state index contributed by atoms with van der Waals surface area (Å²) in [5.74, 6) is 0. The molecule has 0 saturated carbocycles. The Balaban J connectivity index is 1.68. The van der Waals surface area contributed by atoms with E-state index >= 15 is 0 Å². The summed E-state index contributed by atoms with van der Waals surface area (Å²) >= 11 is 1.16. The van der Waals surface area contributed by atoms with Gasteiger partial charge in [-0.15, -0.1) is 11.3 Å². The van der Waals surface area contributed by atoms with Crippen LogP contribution in [0.25, 0.3) is 0 Å². The molecule has 2 aromatic rings. The SMILES string of the molecule is O=c1cc2c(nn1CCNS(=O)(=O)c1cccs1)CCCC2. The Labute approximate surface area is 132 Å². The van der Waals surface area contributed by atoms with Crippen molar-refractivity contribution in [3.63, 3.8) is 0 Å². The van der Waals surface area contributed by atoms with Gasteiger partial charge < -0.3 is 0 Å². The van der Waals surface area contributed by atoms with Crippen LogP contribution in [0.5, 0.6) is 0 Å². The predicted octanol–water partition coefficient (Wildman–Crippen LogP) is 1.16. The second-order valence-electron chi connectivity index (χ2n) is 5.21. The fraction of sp³-hybridized carbons (Fsp3) is 0.429. The molecule has 0 atom stereocenters. The van der Waals surface area contributed by atoms with Crippen LogP contribution in [0.2, 0.25) is 0 Å². The van der Waals surface area contributed by atoms with Crippen LogP contribution in [0.1, 0.15) is 24.1 Å². The van der Waals surface area contributed by atoms with E-state index in [1.807, 2.05) is 0 Å². The maximum absolute atomic E-state index is 12.0. The lowest BCUT2D eigenvalue weighted by molar-refractivity contribution is 0.527. The molecule has 3 rings (SSSR count). The molecule has 0 radical (unpaired) electrons. The number of thiophene rings is 1. The topological polar surface area (TPSA) is 81.1 Å². The van der Waals surface area contributed by atoms with Gasteiger partial charge >= 0.3 is 0 Å². The monoisotopic (exact) mass is 339 g/mol. The fourth-order valence-corrected chi connectivity index (χ4v) is 4.59. The highest BCUT2D eigenvalue weighted by Gasteiger charge is 2.16. The van der Waals surface area contributed by atoms with Gasteiger partial charge in [0, 0.05) is 12.6 Å². The van der Waals surface area contributed by atoms with E-state index in [1.54, 1.807) is 23.6 Å². The second kappa shape index (κ2) is 6.31. The Morgan fingerprint density at radius 3 is 2.91 bits per heavy atom. The van der Waals surface area contributed by atoms with Gasteiger partial charge in [0.15, 0.2) is 0 Å². The molecular formula is C14H17N3O3S2. The van der Waals surface area contributed by atoms with Crippen LogP contribution in [0, 0.1) is 0 Å². The molecule has 0 bridgehead atoms. The molecule has 0 unspecified atom stereocenters. The van der Waals surface area contributed by atoms with Crippen molar-refractivity contribution in [1.82, 2.24) is 14.5 Å². The number of aromatic nitrogens is 2. The molecule has 1 N–H and O–H groups in total. The van der Waals surface area contributed by atoms with Crippen molar-refractivity contribution in [1.29, 1.82) is 0 Å². The Morgan fingerprint density at radius 2 is 2.14 bits per heavy atom. The smallest absolute Gasteiger partial charge is 0.267 e. The van der Waals surface area contributed by atoms with Crippen LogP contribution in [-0.4, -0.2) is 24.7 Å². The Hall–Kier alpha value is -1.51. The highest BCUT2D eigenvalue weighted by Crippen LogP contribution is 2.17. The molecule has 8 heteroatoms. The van der Waals surface area contributed by atoms with Gasteiger partial charge in [0.05, 0.1) is 12.2 Å². The molecule has 0 aliphatic heterocycles. The number of rotatable bonds is 5. The number of fused-ring (bicyclic) bond motifs is 1. The zero-order chi connectivity index (χ0) is 15.6. The number of nitrogens with one attached hydrogen (secondary N) is 1. The van der Waals surface area contributed by atoms with Crippen molar-refractivity contribution >= 4 is 21.4 Å². The maximum Gasteiger partial charge on any atom is 0.267 e. The van der Waals surface area contributed by atoms with E-state index in [-0.39, 0.29) is 22.9 Å². The molecule has 0 spiro atoms. The number of sulfonamides is 1. The van der Waals surface area contributed by atoms with E-state index in [4.69, 9.17) is 0 Å². The zero-order valence-electron chi connectivity index (χ0n) is 12.0. The van der Waals surface area contributed by atoms with E-state index in [9.17, 15) is 13.2 Å². The summed E-state index contributed by atoms with van der Waals surface area (Å²) in [6.07, 6.45) is 3.97. The molecule has 0 amide bonds. The first-order valence-corrected chi connectivity index (χ1v) is 9.56. The number of nitrogens with zero attached hydrogens (tertiary/aromatic N) is 2. The molecule has 1 aliphatic rings. The molecule has 1 aliphatic carbocycles. The minimum absolute atomic E-state index is 0.145. The van der Waals surface area contributed by atoms with Crippen LogP contribution in [0.4, 0.5) is 0 Å². The van der Waals surface area contributed by atoms with Gasteiger partial charge in [0.25, 0.3) is 5.56 Å². The van der Waals surface area contributed by atoms with Gasteiger partial charge in [-0.1, -0.05) is 6.07 Å². The van der Waals surface area contributed by atoms with E-state index in [0.717, 1.165) is 48.3 Å². The lowest BCUT2D eigenvalue weighted by atomic mass is 9.97. The lowest BCUT2D eigenvalue weighted by Crippen LogP contribution is -2.33. The first-order chi connectivity index (χ1) is 10.6. The molecule has 2 heterocycles.